The van der Waals surface area contributed by atoms with Crippen LogP contribution in [0.4, 0.5) is 11.5 Å². The molecule has 27 heavy (non-hydrogen) atoms. The lowest BCUT2D eigenvalue weighted by Crippen LogP contribution is -2.41. The van der Waals surface area contributed by atoms with Crippen molar-refractivity contribution >= 4 is 29.0 Å². The maximum absolute atomic E-state index is 12.8. The number of benzene rings is 1. The molecule has 3 heterocycles. The second-order valence-corrected chi connectivity index (χ2v) is 6.79. The molecule has 0 saturated carbocycles. The molecule has 0 spiro atoms. The second kappa shape index (κ2) is 7.71. The summed E-state index contributed by atoms with van der Waals surface area (Å²) in [6, 6.07) is 11.1. The molecule has 0 radical (unpaired) electrons. The summed E-state index contributed by atoms with van der Waals surface area (Å²) in [5, 5.41) is 18.0. The van der Waals surface area contributed by atoms with Crippen LogP contribution in [-0.2, 0) is 4.79 Å². The van der Waals surface area contributed by atoms with Crippen LogP contribution in [0.2, 0.25) is 5.15 Å². The van der Waals surface area contributed by atoms with Gasteiger partial charge in [-0.25, -0.2) is 4.98 Å². The average Bonchev–Trinajstić information content (AvgIpc) is 3.24. The average molecular weight is 384 g/mol. The van der Waals surface area contributed by atoms with Crippen molar-refractivity contribution in [1.82, 2.24) is 25.4 Å². The number of nitrogens with zero attached hydrogens (tertiary/aromatic N) is 5. The Hall–Kier alpha value is -3.00. The maximum Gasteiger partial charge on any atom is 0.229 e. The van der Waals surface area contributed by atoms with Crippen molar-refractivity contribution in [3.63, 3.8) is 0 Å². The largest absolute Gasteiger partial charge is 0.354 e. The fourth-order valence-electron chi connectivity index (χ4n) is 3.21. The Morgan fingerprint density at radius 3 is 2.96 bits per heavy atom. The Kier molecular flexibility index (Phi) is 4.97. The number of piperidine rings is 1. The summed E-state index contributed by atoms with van der Waals surface area (Å²) in [5.74, 6) is 1.28. The van der Waals surface area contributed by atoms with Gasteiger partial charge in [-0.15, -0.1) is 10.2 Å². The lowest BCUT2D eigenvalue weighted by atomic mass is 9.97. The van der Waals surface area contributed by atoms with E-state index < -0.39 is 0 Å². The minimum Gasteiger partial charge on any atom is -0.354 e. The van der Waals surface area contributed by atoms with E-state index in [1.165, 1.54) is 6.33 Å². The molecule has 1 atom stereocenters. The highest BCUT2D eigenvalue weighted by Gasteiger charge is 2.27. The van der Waals surface area contributed by atoms with E-state index >= 15 is 0 Å². The van der Waals surface area contributed by atoms with Crippen LogP contribution >= 0.6 is 11.6 Å². The number of hydrogen-bond donors (Lipinski definition) is 2. The molecule has 2 N–H and O–H groups in total. The van der Waals surface area contributed by atoms with Gasteiger partial charge in [0, 0.05) is 24.3 Å². The normalized spacial score (nSPS) is 16.9. The van der Waals surface area contributed by atoms with Crippen LogP contribution in [0, 0.1) is 5.92 Å². The van der Waals surface area contributed by atoms with Crippen molar-refractivity contribution in [2.24, 2.45) is 5.92 Å². The molecule has 3 aromatic rings. The number of halogens is 1. The Morgan fingerprint density at radius 2 is 2.19 bits per heavy atom. The highest BCUT2D eigenvalue weighted by atomic mass is 35.5. The molecule has 1 aliphatic rings. The van der Waals surface area contributed by atoms with Gasteiger partial charge in [0.05, 0.1) is 5.92 Å². The van der Waals surface area contributed by atoms with Crippen LogP contribution in [0.15, 0.2) is 42.7 Å². The first kappa shape index (κ1) is 17.4. The van der Waals surface area contributed by atoms with E-state index in [1.54, 1.807) is 6.07 Å². The smallest absolute Gasteiger partial charge is 0.229 e. The Balaban J connectivity index is 1.43. The molecule has 8 nitrogen and oxygen atoms in total. The first-order valence-corrected chi connectivity index (χ1v) is 9.08. The Bertz CT molecular complexity index is 914. The van der Waals surface area contributed by atoms with E-state index in [9.17, 15) is 4.79 Å². The van der Waals surface area contributed by atoms with E-state index in [2.05, 4.69) is 35.6 Å². The number of aromatic amines is 1. The third-order valence-corrected chi connectivity index (χ3v) is 4.75. The van der Waals surface area contributed by atoms with Gasteiger partial charge in [-0.2, -0.15) is 5.10 Å². The van der Waals surface area contributed by atoms with Gasteiger partial charge in [-0.1, -0.05) is 23.7 Å². The summed E-state index contributed by atoms with van der Waals surface area (Å²) in [4.78, 5) is 19.0. The SMILES string of the molecule is O=C(Nc1cccc(-c2ncn[nH]2)c1)[C@H]1CCCN(c2ccc(Cl)nn2)C1. The van der Waals surface area contributed by atoms with Gasteiger partial charge in [0.2, 0.25) is 5.91 Å². The molecular weight excluding hydrogens is 366 g/mol. The first-order chi connectivity index (χ1) is 13.2. The molecule has 138 valence electrons. The molecule has 0 unspecified atom stereocenters. The second-order valence-electron chi connectivity index (χ2n) is 6.40. The molecule has 2 aromatic heterocycles. The molecule has 0 aliphatic carbocycles. The number of nitrogens with one attached hydrogen (secondary N) is 2. The van der Waals surface area contributed by atoms with Gasteiger partial charge in [0.25, 0.3) is 0 Å². The van der Waals surface area contributed by atoms with Crippen molar-refractivity contribution in [2.45, 2.75) is 12.8 Å². The van der Waals surface area contributed by atoms with Crippen molar-refractivity contribution in [3.8, 4) is 11.4 Å². The van der Waals surface area contributed by atoms with Crippen LogP contribution in [-0.4, -0.2) is 44.4 Å². The molecule has 1 aromatic carbocycles. The third kappa shape index (κ3) is 4.06. The predicted molar refractivity (Wildman–Crippen MR) is 102 cm³/mol. The molecule has 1 amide bonds. The summed E-state index contributed by atoms with van der Waals surface area (Å²) < 4.78 is 0. The van der Waals surface area contributed by atoms with Gasteiger partial charge in [0.15, 0.2) is 16.8 Å². The zero-order valence-electron chi connectivity index (χ0n) is 14.5. The van der Waals surface area contributed by atoms with E-state index in [0.717, 1.165) is 36.5 Å². The summed E-state index contributed by atoms with van der Waals surface area (Å²) in [5.41, 5.74) is 1.60. The monoisotopic (exact) mass is 383 g/mol. The van der Waals surface area contributed by atoms with Crippen molar-refractivity contribution in [2.75, 3.05) is 23.3 Å². The molecule has 1 saturated heterocycles. The van der Waals surface area contributed by atoms with Gasteiger partial charge < -0.3 is 10.2 Å². The molecule has 0 bridgehead atoms. The number of carbonyl (C=O) groups excluding carboxylic acids is 1. The zero-order chi connectivity index (χ0) is 18.6. The van der Waals surface area contributed by atoms with E-state index in [1.807, 2.05) is 30.3 Å². The number of carbonyl (C=O) groups is 1. The predicted octanol–water partition coefficient (Wildman–Crippen LogP) is 2.77. The highest BCUT2D eigenvalue weighted by molar-refractivity contribution is 6.29. The molecule has 1 aliphatic heterocycles. The summed E-state index contributed by atoms with van der Waals surface area (Å²) in [6.45, 7) is 1.45. The number of anilines is 2. The number of aromatic nitrogens is 5. The molecule has 4 rings (SSSR count). The van der Waals surface area contributed by atoms with Gasteiger partial charge >= 0.3 is 0 Å². The summed E-state index contributed by atoms with van der Waals surface area (Å²) in [6.07, 6.45) is 3.21. The van der Waals surface area contributed by atoms with Gasteiger partial charge in [0.1, 0.15) is 6.33 Å². The van der Waals surface area contributed by atoms with E-state index in [-0.39, 0.29) is 11.8 Å². The Labute approximate surface area is 161 Å². The van der Waals surface area contributed by atoms with Gasteiger partial charge in [-0.3, -0.25) is 9.89 Å². The number of hydrogen-bond acceptors (Lipinski definition) is 6. The fraction of sp³-hybridized carbons (Fsp3) is 0.278. The van der Waals surface area contributed by atoms with Crippen LogP contribution < -0.4 is 10.2 Å². The van der Waals surface area contributed by atoms with Crippen molar-refractivity contribution < 1.29 is 4.79 Å². The van der Waals surface area contributed by atoms with Crippen LogP contribution in [0.1, 0.15) is 12.8 Å². The van der Waals surface area contributed by atoms with Crippen LogP contribution in [0.3, 0.4) is 0 Å². The first-order valence-electron chi connectivity index (χ1n) is 8.70. The van der Waals surface area contributed by atoms with Crippen LogP contribution in [0.25, 0.3) is 11.4 Å². The topological polar surface area (TPSA) is 99.7 Å². The number of H-pyrrole nitrogens is 1. The standard InChI is InChI=1S/C18H18ClN7O/c19-15-6-7-16(24-23-15)26-8-2-4-13(10-26)18(27)22-14-5-1-3-12(9-14)17-20-11-21-25-17/h1,3,5-7,9,11,13H,2,4,8,10H2,(H,22,27)(H,20,21,25)/t13-/m0/s1. The third-order valence-electron chi connectivity index (χ3n) is 4.55. The summed E-state index contributed by atoms with van der Waals surface area (Å²) >= 11 is 5.80. The quantitative estimate of drug-likeness (QED) is 0.718. The zero-order valence-corrected chi connectivity index (χ0v) is 15.2. The van der Waals surface area contributed by atoms with Gasteiger partial charge in [-0.05, 0) is 37.1 Å². The minimum atomic E-state index is -0.120. The number of amides is 1. The fourth-order valence-corrected chi connectivity index (χ4v) is 3.31. The van der Waals surface area contributed by atoms with E-state index in [0.29, 0.717) is 17.5 Å². The number of rotatable bonds is 4. The summed E-state index contributed by atoms with van der Waals surface area (Å²) in [7, 11) is 0. The maximum atomic E-state index is 12.8. The highest BCUT2D eigenvalue weighted by Crippen LogP contribution is 2.24. The Morgan fingerprint density at radius 1 is 1.26 bits per heavy atom. The van der Waals surface area contributed by atoms with Crippen LogP contribution in [0.5, 0.6) is 0 Å². The molecule has 1 fully saturated rings. The van der Waals surface area contributed by atoms with E-state index in [4.69, 9.17) is 11.6 Å². The van der Waals surface area contributed by atoms with Crippen molar-refractivity contribution in [3.05, 3.63) is 47.9 Å². The molecule has 9 heteroatoms. The molecular formula is C18H18ClN7O. The minimum absolute atomic E-state index is 0.00339. The lowest BCUT2D eigenvalue weighted by molar-refractivity contribution is -0.120. The van der Waals surface area contributed by atoms with Crippen molar-refractivity contribution in [1.29, 1.82) is 0 Å². The lowest BCUT2D eigenvalue weighted by Gasteiger charge is -2.32.